The third-order valence-corrected chi connectivity index (χ3v) is 3.16. The van der Waals surface area contributed by atoms with Gasteiger partial charge in [0.2, 0.25) is 0 Å². The Morgan fingerprint density at radius 2 is 2.13 bits per heavy atom. The predicted molar refractivity (Wildman–Crippen MR) is 58.2 cm³/mol. The third kappa shape index (κ3) is 1.32. The topological polar surface area (TPSA) is 17.1 Å². The van der Waals surface area contributed by atoms with Crippen molar-refractivity contribution in [2.75, 3.05) is 0 Å². The van der Waals surface area contributed by atoms with E-state index in [-0.39, 0.29) is 18.0 Å². The monoisotopic (exact) mass is 204 g/mol. The molecular formula is C13H13FO. The average Bonchev–Trinajstić information content (AvgIpc) is 2.41. The van der Waals surface area contributed by atoms with E-state index >= 15 is 0 Å². The van der Waals surface area contributed by atoms with Gasteiger partial charge in [0.05, 0.1) is 0 Å². The number of benzene rings is 1. The van der Waals surface area contributed by atoms with E-state index in [1.165, 1.54) is 6.07 Å². The van der Waals surface area contributed by atoms with Gasteiger partial charge in [0, 0.05) is 11.8 Å². The zero-order chi connectivity index (χ0) is 11.2. The van der Waals surface area contributed by atoms with E-state index in [0.29, 0.717) is 5.56 Å². The van der Waals surface area contributed by atoms with Crippen LogP contribution in [0.2, 0.25) is 0 Å². The largest absolute Gasteiger partial charge is 0.298 e. The molecule has 0 radical (unpaired) electrons. The van der Waals surface area contributed by atoms with Gasteiger partial charge in [0.1, 0.15) is 11.6 Å². The zero-order valence-corrected chi connectivity index (χ0v) is 8.93. The zero-order valence-electron chi connectivity index (χ0n) is 8.93. The molecule has 0 spiro atoms. The van der Waals surface area contributed by atoms with Crippen LogP contribution in [0.4, 0.5) is 4.39 Å². The number of fused-ring (bicyclic) bond motifs is 1. The molecule has 0 atom stereocenters. The van der Waals surface area contributed by atoms with Gasteiger partial charge < -0.3 is 0 Å². The van der Waals surface area contributed by atoms with Crippen molar-refractivity contribution in [2.24, 2.45) is 0 Å². The van der Waals surface area contributed by atoms with Gasteiger partial charge in [-0.05, 0) is 36.6 Å². The molecule has 1 aliphatic carbocycles. The predicted octanol–water partition coefficient (Wildman–Crippen LogP) is 2.87. The van der Waals surface area contributed by atoms with Gasteiger partial charge in [0.25, 0.3) is 0 Å². The Morgan fingerprint density at radius 3 is 2.73 bits per heavy atom. The van der Waals surface area contributed by atoms with Crippen molar-refractivity contribution in [3.63, 3.8) is 0 Å². The minimum atomic E-state index is -0.560. The van der Waals surface area contributed by atoms with E-state index in [2.05, 4.69) is 6.58 Å². The minimum Gasteiger partial charge on any atom is -0.298 e. The summed E-state index contributed by atoms with van der Waals surface area (Å²) in [6.07, 6.45) is 1.81. The van der Waals surface area contributed by atoms with Gasteiger partial charge in [-0.3, -0.25) is 4.79 Å². The number of halogens is 1. The van der Waals surface area contributed by atoms with Crippen LogP contribution in [-0.2, 0) is 16.6 Å². The Kier molecular flexibility index (Phi) is 2.03. The van der Waals surface area contributed by atoms with E-state index in [1.807, 2.05) is 19.9 Å². The molecule has 0 fully saturated rings. The maximum atomic E-state index is 13.7. The molecule has 0 amide bonds. The molecule has 0 bridgehead atoms. The number of hydrogen-bond donors (Lipinski definition) is 0. The first-order valence-electron chi connectivity index (χ1n) is 4.95. The first kappa shape index (κ1) is 10.1. The lowest BCUT2D eigenvalue weighted by Crippen LogP contribution is -2.23. The van der Waals surface area contributed by atoms with Crippen molar-refractivity contribution in [1.82, 2.24) is 0 Å². The fourth-order valence-electron chi connectivity index (χ4n) is 2.04. The molecule has 0 saturated carbocycles. The molecule has 1 nitrogen and oxygen atoms in total. The van der Waals surface area contributed by atoms with E-state index in [9.17, 15) is 9.18 Å². The van der Waals surface area contributed by atoms with Crippen LogP contribution in [0.1, 0.15) is 30.5 Å². The molecule has 0 N–H and O–H groups in total. The van der Waals surface area contributed by atoms with Crippen LogP contribution >= 0.6 is 0 Å². The highest BCUT2D eigenvalue weighted by Gasteiger charge is 2.39. The van der Waals surface area contributed by atoms with Gasteiger partial charge >= 0.3 is 0 Å². The summed E-state index contributed by atoms with van der Waals surface area (Å²) in [6.45, 7) is 7.29. The Balaban J connectivity index is 2.71. The van der Waals surface area contributed by atoms with E-state index in [4.69, 9.17) is 0 Å². The SMILES string of the molecule is C=Cc1cc(F)c2c(c1)C(C)(C)C(=O)C2. The molecule has 0 unspecified atom stereocenters. The summed E-state index contributed by atoms with van der Waals surface area (Å²) < 4.78 is 13.7. The van der Waals surface area contributed by atoms with Crippen LogP contribution in [0.3, 0.4) is 0 Å². The molecule has 0 saturated heterocycles. The molecule has 2 heteroatoms. The van der Waals surface area contributed by atoms with E-state index < -0.39 is 5.41 Å². The molecule has 78 valence electrons. The Hall–Kier alpha value is -1.44. The lowest BCUT2D eigenvalue weighted by atomic mass is 9.85. The molecule has 0 aliphatic heterocycles. The molecule has 0 heterocycles. The van der Waals surface area contributed by atoms with Gasteiger partial charge in [-0.1, -0.05) is 18.7 Å². The van der Waals surface area contributed by atoms with Crippen LogP contribution < -0.4 is 0 Å². The Labute approximate surface area is 88.6 Å². The number of rotatable bonds is 1. The fraction of sp³-hybridized carbons (Fsp3) is 0.308. The Bertz CT molecular complexity index is 458. The van der Waals surface area contributed by atoms with Gasteiger partial charge in [-0.25, -0.2) is 4.39 Å². The third-order valence-electron chi connectivity index (χ3n) is 3.16. The first-order valence-corrected chi connectivity index (χ1v) is 4.95. The molecule has 1 aromatic carbocycles. The maximum absolute atomic E-state index is 13.7. The highest BCUT2D eigenvalue weighted by molar-refractivity contribution is 5.96. The van der Waals surface area contributed by atoms with Crippen molar-refractivity contribution < 1.29 is 9.18 Å². The standard InChI is InChI=1S/C13H13FO/c1-4-8-5-10-9(11(14)6-8)7-12(15)13(10,2)3/h4-6H,1,7H2,2-3H3. The molecular weight excluding hydrogens is 191 g/mol. The molecule has 15 heavy (non-hydrogen) atoms. The van der Waals surface area contributed by atoms with Gasteiger partial charge in [-0.2, -0.15) is 0 Å². The van der Waals surface area contributed by atoms with Crippen LogP contribution in [-0.4, -0.2) is 5.78 Å². The van der Waals surface area contributed by atoms with E-state index in [0.717, 1.165) is 11.1 Å². The summed E-state index contributed by atoms with van der Waals surface area (Å²) in [5.41, 5.74) is 1.53. The summed E-state index contributed by atoms with van der Waals surface area (Å²) >= 11 is 0. The lowest BCUT2D eigenvalue weighted by molar-refractivity contribution is -0.121. The Morgan fingerprint density at radius 1 is 1.47 bits per heavy atom. The normalized spacial score (nSPS) is 17.7. The van der Waals surface area contributed by atoms with Crippen LogP contribution in [0, 0.1) is 5.82 Å². The van der Waals surface area contributed by atoms with E-state index in [1.54, 1.807) is 6.08 Å². The fourth-order valence-corrected chi connectivity index (χ4v) is 2.04. The van der Waals surface area contributed by atoms with Crippen molar-refractivity contribution in [1.29, 1.82) is 0 Å². The number of hydrogen-bond acceptors (Lipinski definition) is 1. The first-order chi connectivity index (χ1) is 6.96. The number of carbonyl (C=O) groups is 1. The molecule has 1 aliphatic rings. The van der Waals surface area contributed by atoms with Crippen LogP contribution in [0.15, 0.2) is 18.7 Å². The average molecular weight is 204 g/mol. The highest BCUT2D eigenvalue weighted by atomic mass is 19.1. The molecule has 2 rings (SSSR count). The number of Topliss-reactive ketones (excluding diaryl/α,β-unsaturated/α-hetero) is 1. The summed E-state index contributed by atoms with van der Waals surface area (Å²) in [5, 5.41) is 0. The second kappa shape index (κ2) is 3.02. The maximum Gasteiger partial charge on any atom is 0.147 e. The second-order valence-electron chi connectivity index (χ2n) is 4.46. The van der Waals surface area contributed by atoms with Crippen molar-refractivity contribution in [2.45, 2.75) is 25.7 Å². The molecule has 1 aromatic rings. The van der Waals surface area contributed by atoms with Crippen LogP contribution in [0.5, 0.6) is 0 Å². The minimum absolute atomic E-state index is 0.0811. The van der Waals surface area contributed by atoms with Crippen LogP contribution in [0.25, 0.3) is 6.08 Å². The number of carbonyl (C=O) groups excluding carboxylic acids is 1. The highest BCUT2D eigenvalue weighted by Crippen LogP contribution is 2.37. The van der Waals surface area contributed by atoms with Crippen molar-refractivity contribution >= 4 is 11.9 Å². The second-order valence-corrected chi connectivity index (χ2v) is 4.46. The summed E-state index contributed by atoms with van der Waals surface area (Å²) in [7, 11) is 0. The van der Waals surface area contributed by atoms with Gasteiger partial charge in [-0.15, -0.1) is 0 Å². The van der Waals surface area contributed by atoms with Crippen molar-refractivity contribution in [3.05, 3.63) is 41.2 Å². The molecule has 0 aromatic heterocycles. The lowest BCUT2D eigenvalue weighted by Gasteiger charge is -2.17. The number of ketones is 1. The summed E-state index contributed by atoms with van der Waals surface area (Å²) in [6, 6.07) is 3.29. The summed E-state index contributed by atoms with van der Waals surface area (Å²) in [4.78, 5) is 11.7. The smallest absolute Gasteiger partial charge is 0.147 e. The quantitative estimate of drug-likeness (QED) is 0.687. The summed E-state index contributed by atoms with van der Waals surface area (Å²) in [5.74, 6) is -0.209. The van der Waals surface area contributed by atoms with Gasteiger partial charge in [0.15, 0.2) is 0 Å². The van der Waals surface area contributed by atoms with Crippen molar-refractivity contribution in [3.8, 4) is 0 Å².